The molecule has 0 spiro atoms. The van der Waals surface area contributed by atoms with E-state index in [2.05, 4.69) is 37.3 Å². The van der Waals surface area contributed by atoms with Crippen LogP contribution >= 0.6 is 0 Å². The molecule has 0 unspecified atom stereocenters. The second kappa shape index (κ2) is 6.83. The summed E-state index contributed by atoms with van der Waals surface area (Å²) in [6.45, 7) is 2.35. The SMILES string of the molecule is CC[C@H]1CC[C@H](CCCc2ccccc2)CC1. The molecule has 0 atom stereocenters. The summed E-state index contributed by atoms with van der Waals surface area (Å²) < 4.78 is 0. The van der Waals surface area contributed by atoms with E-state index in [1.807, 2.05) is 0 Å². The predicted octanol–water partition coefficient (Wildman–Crippen LogP) is 5.23. The molecule has 0 aliphatic heterocycles. The lowest BCUT2D eigenvalue weighted by molar-refractivity contribution is 0.255. The Morgan fingerprint density at radius 3 is 2.24 bits per heavy atom. The fourth-order valence-electron chi connectivity index (χ4n) is 3.17. The topological polar surface area (TPSA) is 0 Å². The summed E-state index contributed by atoms with van der Waals surface area (Å²) in [5, 5.41) is 0. The summed E-state index contributed by atoms with van der Waals surface area (Å²) in [7, 11) is 0. The van der Waals surface area contributed by atoms with Gasteiger partial charge in [-0.3, -0.25) is 0 Å². The summed E-state index contributed by atoms with van der Waals surface area (Å²) >= 11 is 0. The van der Waals surface area contributed by atoms with Crippen molar-refractivity contribution in [1.29, 1.82) is 0 Å². The van der Waals surface area contributed by atoms with Crippen LogP contribution in [0.5, 0.6) is 0 Å². The van der Waals surface area contributed by atoms with E-state index < -0.39 is 0 Å². The van der Waals surface area contributed by atoms with Gasteiger partial charge in [0.2, 0.25) is 0 Å². The summed E-state index contributed by atoms with van der Waals surface area (Å²) in [5.74, 6) is 2.07. The smallest absolute Gasteiger partial charge is 0.0279 e. The average Bonchev–Trinajstić information content (AvgIpc) is 2.41. The van der Waals surface area contributed by atoms with E-state index in [1.165, 1.54) is 56.9 Å². The maximum atomic E-state index is 2.35. The fraction of sp³-hybridized carbons (Fsp3) is 0.647. The van der Waals surface area contributed by atoms with E-state index in [9.17, 15) is 0 Å². The molecule has 0 heterocycles. The first-order valence-corrected chi connectivity index (χ1v) is 7.42. The monoisotopic (exact) mass is 230 g/mol. The Hall–Kier alpha value is -0.780. The minimum absolute atomic E-state index is 1.03. The molecule has 0 bridgehead atoms. The lowest BCUT2D eigenvalue weighted by atomic mass is 9.79. The molecule has 0 aromatic heterocycles. The van der Waals surface area contributed by atoms with Gasteiger partial charge < -0.3 is 0 Å². The first kappa shape index (κ1) is 12.7. The van der Waals surface area contributed by atoms with Gasteiger partial charge in [-0.05, 0) is 30.2 Å². The van der Waals surface area contributed by atoms with Crippen molar-refractivity contribution in [3.05, 3.63) is 35.9 Å². The Morgan fingerprint density at radius 2 is 1.59 bits per heavy atom. The highest BCUT2D eigenvalue weighted by Crippen LogP contribution is 2.33. The van der Waals surface area contributed by atoms with Gasteiger partial charge in [-0.25, -0.2) is 0 Å². The number of hydrogen-bond donors (Lipinski definition) is 0. The van der Waals surface area contributed by atoms with Gasteiger partial charge in [0.25, 0.3) is 0 Å². The van der Waals surface area contributed by atoms with Gasteiger partial charge in [0.05, 0.1) is 0 Å². The molecule has 1 aliphatic rings. The van der Waals surface area contributed by atoms with E-state index in [4.69, 9.17) is 0 Å². The van der Waals surface area contributed by atoms with Crippen molar-refractivity contribution in [2.75, 3.05) is 0 Å². The summed E-state index contributed by atoms with van der Waals surface area (Å²) in [6.07, 6.45) is 11.5. The van der Waals surface area contributed by atoms with E-state index >= 15 is 0 Å². The van der Waals surface area contributed by atoms with Crippen LogP contribution in [0.1, 0.15) is 57.4 Å². The second-order valence-corrected chi connectivity index (χ2v) is 5.67. The van der Waals surface area contributed by atoms with Gasteiger partial charge in [0, 0.05) is 0 Å². The maximum absolute atomic E-state index is 2.35. The highest BCUT2D eigenvalue weighted by Gasteiger charge is 2.19. The Bertz CT molecular complexity index is 293. The zero-order chi connectivity index (χ0) is 11.9. The Labute approximate surface area is 106 Å². The van der Waals surface area contributed by atoms with E-state index in [0.29, 0.717) is 0 Å². The van der Waals surface area contributed by atoms with Crippen LogP contribution in [0.25, 0.3) is 0 Å². The minimum atomic E-state index is 1.03. The van der Waals surface area contributed by atoms with Crippen molar-refractivity contribution in [3.63, 3.8) is 0 Å². The lowest BCUT2D eigenvalue weighted by Gasteiger charge is -2.27. The van der Waals surface area contributed by atoms with Crippen LogP contribution in [0.15, 0.2) is 30.3 Å². The number of rotatable bonds is 5. The molecule has 0 saturated heterocycles. The molecule has 0 nitrogen and oxygen atoms in total. The Kier molecular flexibility index (Phi) is 5.09. The number of aryl methyl sites for hydroxylation is 1. The third kappa shape index (κ3) is 4.18. The zero-order valence-corrected chi connectivity index (χ0v) is 11.2. The average molecular weight is 230 g/mol. The van der Waals surface area contributed by atoms with Gasteiger partial charge in [-0.1, -0.05) is 75.8 Å². The van der Waals surface area contributed by atoms with E-state index in [-0.39, 0.29) is 0 Å². The van der Waals surface area contributed by atoms with E-state index in [0.717, 1.165) is 11.8 Å². The highest BCUT2D eigenvalue weighted by atomic mass is 14.2. The fourth-order valence-corrected chi connectivity index (χ4v) is 3.17. The lowest BCUT2D eigenvalue weighted by Crippen LogP contribution is -2.14. The standard InChI is InChI=1S/C17H26/c1-2-15-11-13-17(14-12-15)10-6-9-16-7-4-3-5-8-16/h3-5,7-8,15,17H,2,6,9-14H2,1H3/t15-,17-. The summed E-state index contributed by atoms with van der Waals surface area (Å²) in [4.78, 5) is 0. The molecule has 1 saturated carbocycles. The van der Waals surface area contributed by atoms with Crippen molar-refractivity contribution in [3.8, 4) is 0 Å². The van der Waals surface area contributed by atoms with Gasteiger partial charge in [0.1, 0.15) is 0 Å². The molecule has 0 N–H and O–H groups in total. The normalized spacial score (nSPS) is 24.8. The van der Waals surface area contributed by atoms with Crippen molar-refractivity contribution < 1.29 is 0 Å². The van der Waals surface area contributed by atoms with Crippen LogP contribution in [0, 0.1) is 11.8 Å². The first-order chi connectivity index (χ1) is 8.38. The van der Waals surface area contributed by atoms with Crippen molar-refractivity contribution >= 4 is 0 Å². The molecular weight excluding hydrogens is 204 g/mol. The molecule has 1 aliphatic carbocycles. The number of benzene rings is 1. The molecular formula is C17H26. The van der Waals surface area contributed by atoms with Crippen molar-refractivity contribution in [2.45, 2.75) is 58.3 Å². The third-order valence-electron chi connectivity index (χ3n) is 4.46. The van der Waals surface area contributed by atoms with Crippen LogP contribution in [0.3, 0.4) is 0 Å². The van der Waals surface area contributed by atoms with Crippen molar-refractivity contribution in [2.24, 2.45) is 11.8 Å². The molecule has 2 rings (SSSR count). The molecule has 1 aromatic rings. The second-order valence-electron chi connectivity index (χ2n) is 5.67. The van der Waals surface area contributed by atoms with Gasteiger partial charge in [-0.15, -0.1) is 0 Å². The van der Waals surface area contributed by atoms with Crippen LogP contribution < -0.4 is 0 Å². The van der Waals surface area contributed by atoms with Crippen LogP contribution in [-0.2, 0) is 6.42 Å². The predicted molar refractivity (Wildman–Crippen MR) is 75.1 cm³/mol. The molecule has 94 valence electrons. The van der Waals surface area contributed by atoms with Gasteiger partial charge in [-0.2, -0.15) is 0 Å². The maximum Gasteiger partial charge on any atom is -0.0279 e. The quantitative estimate of drug-likeness (QED) is 0.650. The summed E-state index contributed by atoms with van der Waals surface area (Å²) in [6, 6.07) is 10.9. The first-order valence-electron chi connectivity index (χ1n) is 7.42. The summed E-state index contributed by atoms with van der Waals surface area (Å²) in [5.41, 5.74) is 1.51. The molecule has 0 heteroatoms. The molecule has 1 fully saturated rings. The van der Waals surface area contributed by atoms with Gasteiger partial charge in [0.15, 0.2) is 0 Å². The third-order valence-corrected chi connectivity index (χ3v) is 4.46. The van der Waals surface area contributed by atoms with Gasteiger partial charge >= 0.3 is 0 Å². The van der Waals surface area contributed by atoms with E-state index in [1.54, 1.807) is 0 Å². The van der Waals surface area contributed by atoms with Crippen LogP contribution in [-0.4, -0.2) is 0 Å². The van der Waals surface area contributed by atoms with Crippen molar-refractivity contribution in [1.82, 2.24) is 0 Å². The zero-order valence-electron chi connectivity index (χ0n) is 11.2. The largest absolute Gasteiger partial charge is 0.0651 e. The number of hydrogen-bond acceptors (Lipinski definition) is 0. The van der Waals surface area contributed by atoms with Crippen LogP contribution in [0.4, 0.5) is 0 Å². The van der Waals surface area contributed by atoms with Crippen LogP contribution in [0.2, 0.25) is 0 Å². The Morgan fingerprint density at radius 1 is 0.941 bits per heavy atom. The highest BCUT2D eigenvalue weighted by molar-refractivity contribution is 5.14. The molecule has 0 amide bonds. The Balaban J connectivity index is 1.63. The minimum Gasteiger partial charge on any atom is -0.0651 e. The molecule has 0 radical (unpaired) electrons. The molecule has 1 aromatic carbocycles. The molecule has 17 heavy (non-hydrogen) atoms.